The molecule has 1 amide bonds. The van der Waals surface area contributed by atoms with E-state index < -0.39 is 12.0 Å². The summed E-state index contributed by atoms with van der Waals surface area (Å²) in [7, 11) is 1.52. The summed E-state index contributed by atoms with van der Waals surface area (Å²) in [6.07, 6.45) is 0.754. The molecule has 0 aliphatic heterocycles. The normalized spacial score (nSPS) is 11.3. The fraction of sp³-hybridized carbons (Fsp3) is 0.208. The van der Waals surface area contributed by atoms with Gasteiger partial charge in [0, 0.05) is 23.9 Å². The molecule has 1 aromatic heterocycles. The maximum absolute atomic E-state index is 12.3. The van der Waals surface area contributed by atoms with E-state index in [1.165, 1.54) is 13.3 Å². The molecule has 0 aliphatic carbocycles. The highest BCUT2D eigenvalue weighted by Crippen LogP contribution is 2.28. The largest absolute Gasteiger partial charge is 0.493 e. The number of amides is 1. The number of benzene rings is 2. The Labute approximate surface area is 180 Å². The minimum atomic E-state index is -1.30. The van der Waals surface area contributed by atoms with Crippen molar-refractivity contribution in [1.82, 2.24) is 10.3 Å². The third-order valence-corrected chi connectivity index (χ3v) is 4.65. The van der Waals surface area contributed by atoms with Crippen molar-refractivity contribution in [3.63, 3.8) is 0 Å². The van der Waals surface area contributed by atoms with E-state index in [4.69, 9.17) is 14.7 Å². The van der Waals surface area contributed by atoms with Crippen molar-refractivity contribution in [3.8, 4) is 28.8 Å². The first-order valence-electron chi connectivity index (χ1n) is 9.76. The lowest BCUT2D eigenvalue weighted by atomic mass is 10.1. The van der Waals surface area contributed by atoms with Crippen molar-refractivity contribution in [3.05, 3.63) is 78.0 Å². The minimum absolute atomic E-state index is 0.0646. The Kier molecular flexibility index (Phi) is 7.57. The lowest BCUT2D eigenvalue weighted by molar-refractivity contribution is -0.129. The fourth-order valence-corrected chi connectivity index (χ4v) is 3.02. The summed E-state index contributed by atoms with van der Waals surface area (Å²) in [6.45, 7) is 0.276. The molecule has 0 spiro atoms. The number of nitrogens with one attached hydrogen (secondary N) is 1. The SMILES string of the molecule is COc1cc(CCNC(=O)C(O)c2ccc(-c3ccccc3)nc2)ccc1OCC#N. The molecule has 1 atom stereocenters. The molecule has 0 aliphatic rings. The van der Waals surface area contributed by atoms with Gasteiger partial charge in [-0.25, -0.2) is 0 Å². The smallest absolute Gasteiger partial charge is 0.253 e. The number of carbonyl (C=O) groups is 1. The van der Waals surface area contributed by atoms with Gasteiger partial charge in [0.2, 0.25) is 0 Å². The summed E-state index contributed by atoms with van der Waals surface area (Å²) in [5, 5.41) is 21.7. The Hall–Kier alpha value is -3.89. The predicted molar refractivity (Wildman–Crippen MR) is 115 cm³/mol. The fourth-order valence-electron chi connectivity index (χ4n) is 3.02. The Bertz CT molecular complexity index is 1050. The third-order valence-electron chi connectivity index (χ3n) is 4.65. The van der Waals surface area contributed by atoms with E-state index in [9.17, 15) is 9.90 Å². The molecule has 3 rings (SSSR count). The molecular formula is C24H23N3O4. The molecular weight excluding hydrogens is 394 g/mol. The number of nitriles is 1. The van der Waals surface area contributed by atoms with Crippen LogP contribution in [0.3, 0.4) is 0 Å². The molecule has 31 heavy (non-hydrogen) atoms. The number of ether oxygens (including phenoxy) is 2. The van der Waals surface area contributed by atoms with E-state index in [0.717, 1.165) is 16.8 Å². The predicted octanol–water partition coefficient (Wildman–Crippen LogP) is 3.05. The van der Waals surface area contributed by atoms with Crippen LogP contribution in [0, 0.1) is 11.3 Å². The van der Waals surface area contributed by atoms with Gasteiger partial charge in [-0.15, -0.1) is 0 Å². The highest BCUT2D eigenvalue weighted by atomic mass is 16.5. The van der Waals surface area contributed by atoms with E-state index in [0.29, 0.717) is 30.0 Å². The van der Waals surface area contributed by atoms with Gasteiger partial charge in [0.1, 0.15) is 6.07 Å². The average molecular weight is 417 g/mol. The number of methoxy groups -OCH3 is 1. The summed E-state index contributed by atoms with van der Waals surface area (Å²) in [6, 6.07) is 20.4. The molecule has 7 heteroatoms. The quantitative estimate of drug-likeness (QED) is 0.555. The molecule has 1 heterocycles. The maximum atomic E-state index is 12.3. The molecule has 0 saturated heterocycles. The summed E-state index contributed by atoms with van der Waals surface area (Å²) >= 11 is 0. The molecule has 158 valence electrons. The van der Waals surface area contributed by atoms with Gasteiger partial charge in [0.25, 0.3) is 5.91 Å². The number of pyridine rings is 1. The lowest BCUT2D eigenvalue weighted by Crippen LogP contribution is -2.31. The van der Waals surface area contributed by atoms with Crippen molar-refractivity contribution in [2.45, 2.75) is 12.5 Å². The zero-order valence-electron chi connectivity index (χ0n) is 17.1. The van der Waals surface area contributed by atoms with Crippen LogP contribution in [-0.4, -0.2) is 36.3 Å². The second-order valence-electron chi connectivity index (χ2n) is 6.72. The zero-order valence-corrected chi connectivity index (χ0v) is 17.1. The second kappa shape index (κ2) is 10.8. The first-order chi connectivity index (χ1) is 15.1. The molecule has 3 aromatic rings. The number of nitrogens with zero attached hydrogens (tertiary/aromatic N) is 2. The Morgan fingerprint density at radius 3 is 2.65 bits per heavy atom. The van der Waals surface area contributed by atoms with E-state index in [2.05, 4.69) is 10.3 Å². The van der Waals surface area contributed by atoms with Crippen LogP contribution < -0.4 is 14.8 Å². The topological polar surface area (TPSA) is 104 Å². The van der Waals surface area contributed by atoms with Crippen LogP contribution in [0.2, 0.25) is 0 Å². The molecule has 0 bridgehead atoms. The van der Waals surface area contributed by atoms with Gasteiger partial charge in [-0.1, -0.05) is 42.5 Å². The van der Waals surface area contributed by atoms with Crippen LogP contribution in [0.1, 0.15) is 17.2 Å². The first kappa shape index (κ1) is 21.8. The minimum Gasteiger partial charge on any atom is -0.493 e. The van der Waals surface area contributed by atoms with Crippen molar-refractivity contribution in [1.29, 1.82) is 5.26 Å². The standard InChI is InChI=1S/C24H23N3O4/c1-30-22-15-17(7-10-21(22)31-14-12-25)11-13-26-24(29)23(28)19-8-9-20(27-16-19)18-5-3-2-4-6-18/h2-10,15-16,23,28H,11,13-14H2,1H3,(H,26,29). The van der Waals surface area contributed by atoms with Crippen LogP contribution in [0.25, 0.3) is 11.3 Å². The molecule has 0 fully saturated rings. The average Bonchev–Trinajstić information content (AvgIpc) is 2.83. The molecule has 1 unspecified atom stereocenters. The Balaban J connectivity index is 1.54. The number of aromatic nitrogens is 1. The Morgan fingerprint density at radius 1 is 1.16 bits per heavy atom. The van der Waals surface area contributed by atoms with E-state index in [1.807, 2.05) is 42.5 Å². The summed E-state index contributed by atoms with van der Waals surface area (Å²) in [4.78, 5) is 16.7. The van der Waals surface area contributed by atoms with Crippen LogP contribution in [-0.2, 0) is 11.2 Å². The summed E-state index contributed by atoms with van der Waals surface area (Å²) in [5.74, 6) is 0.512. The third kappa shape index (κ3) is 5.81. The van der Waals surface area contributed by atoms with Crippen LogP contribution >= 0.6 is 0 Å². The van der Waals surface area contributed by atoms with Gasteiger partial charge in [0.15, 0.2) is 24.2 Å². The molecule has 0 saturated carbocycles. The molecule has 0 radical (unpaired) electrons. The highest BCUT2D eigenvalue weighted by Gasteiger charge is 2.17. The van der Waals surface area contributed by atoms with Crippen molar-refractivity contribution >= 4 is 5.91 Å². The highest BCUT2D eigenvalue weighted by molar-refractivity contribution is 5.81. The van der Waals surface area contributed by atoms with Crippen LogP contribution in [0.5, 0.6) is 11.5 Å². The van der Waals surface area contributed by atoms with Gasteiger partial charge in [-0.05, 0) is 30.2 Å². The van der Waals surface area contributed by atoms with Crippen molar-refractivity contribution in [2.75, 3.05) is 20.3 Å². The molecule has 7 nitrogen and oxygen atoms in total. The molecule has 2 aromatic carbocycles. The van der Waals surface area contributed by atoms with Gasteiger partial charge in [-0.2, -0.15) is 5.26 Å². The first-order valence-corrected chi connectivity index (χ1v) is 9.76. The number of hydrogen-bond acceptors (Lipinski definition) is 6. The van der Waals surface area contributed by atoms with Gasteiger partial charge >= 0.3 is 0 Å². The second-order valence-corrected chi connectivity index (χ2v) is 6.72. The van der Waals surface area contributed by atoms with Crippen molar-refractivity contribution < 1.29 is 19.4 Å². The zero-order chi connectivity index (χ0) is 22.1. The molecule has 2 N–H and O–H groups in total. The Morgan fingerprint density at radius 2 is 1.97 bits per heavy atom. The van der Waals surface area contributed by atoms with E-state index in [-0.39, 0.29) is 6.61 Å². The number of rotatable bonds is 9. The van der Waals surface area contributed by atoms with Gasteiger partial charge in [0.05, 0.1) is 12.8 Å². The van der Waals surface area contributed by atoms with Crippen LogP contribution in [0.15, 0.2) is 66.9 Å². The van der Waals surface area contributed by atoms with Crippen LogP contribution in [0.4, 0.5) is 0 Å². The number of carbonyl (C=O) groups excluding carboxylic acids is 1. The van der Waals surface area contributed by atoms with Gasteiger partial charge in [-0.3, -0.25) is 9.78 Å². The van der Waals surface area contributed by atoms with E-state index in [1.54, 1.807) is 24.3 Å². The number of hydrogen-bond donors (Lipinski definition) is 2. The number of aliphatic hydroxyl groups excluding tert-OH is 1. The number of aliphatic hydroxyl groups is 1. The lowest BCUT2D eigenvalue weighted by Gasteiger charge is -2.13. The maximum Gasteiger partial charge on any atom is 0.253 e. The van der Waals surface area contributed by atoms with E-state index >= 15 is 0 Å². The summed E-state index contributed by atoms with van der Waals surface area (Å²) < 4.78 is 10.6. The van der Waals surface area contributed by atoms with Crippen molar-refractivity contribution in [2.24, 2.45) is 0 Å². The van der Waals surface area contributed by atoms with Gasteiger partial charge < -0.3 is 19.9 Å². The summed E-state index contributed by atoms with van der Waals surface area (Å²) in [5.41, 5.74) is 3.09. The monoisotopic (exact) mass is 417 g/mol.